The van der Waals surface area contributed by atoms with E-state index in [4.69, 9.17) is 53.4 Å². The summed E-state index contributed by atoms with van der Waals surface area (Å²) < 4.78 is 25.5. The topological polar surface area (TPSA) is 171 Å². The average molecular weight is 1100 g/mol. The monoisotopic (exact) mass is 1100 g/mol. The molecule has 0 atom stereocenters. The fourth-order valence-electron chi connectivity index (χ4n) is 8.99. The standard InChI is InChI=1S/C54H40N4O10S6/c1-3-57-45(59)43(73-51(57)69)55-37-25-35-41(71-37)39-40(53(35,47(61)65-27-31-17-9-5-10-18-31)48(62)66-28-32-19-11-6-12-20-32)42-36(26-38(72-42)56-44-46(60)58(4-2)52(70)74-44)54(39,49(63)67-29-33-21-13-7-14-22-33)50(64)68-30-34-23-15-8-16-24-34/h5-26H,3-4,27-30H2,1-2H3/b55-43+,56-44+. The van der Waals surface area contributed by atoms with Crippen LogP contribution in [0.3, 0.4) is 0 Å². The van der Waals surface area contributed by atoms with Crippen LogP contribution in [0.2, 0.25) is 0 Å². The molecule has 10 rings (SSSR count). The van der Waals surface area contributed by atoms with Crippen molar-refractivity contribution in [2.45, 2.75) is 51.1 Å². The lowest BCUT2D eigenvalue weighted by Crippen LogP contribution is -2.45. The number of thiophene rings is 2. The highest BCUT2D eigenvalue weighted by Gasteiger charge is 2.72. The van der Waals surface area contributed by atoms with E-state index in [0.717, 1.165) is 46.2 Å². The molecule has 0 unspecified atom stereocenters. The number of carbonyl (C=O) groups is 6. The van der Waals surface area contributed by atoms with E-state index in [-0.39, 0.29) is 100 Å². The van der Waals surface area contributed by atoms with Crippen LogP contribution in [0, 0.1) is 0 Å². The molecule has 2 aliphatic heterocycles. The van der Waals surface area contributed by atoms with Crippen LogP contribution in [-0.2, 0) is 85.0 Å². The number of fused-ring (bicyclic) bond motifs is 4. The molecule has 0 N–H and O–H groups in total. The van der Waals surface area contributed by atoms with Crippen molar-refractivity contribution in [2.24, 2.45) is 9.98 Å². The van der Waals surface area contributed by atoms with Crippen LogP contribution >= 0.6 is 70.6 Å². The predicted octanol–water partition coefficient (Wildman–Crippen LogP) is 10.0. The number of thiocarbonyl (C=S) groups is 2. The first-order chi connectivity index (χ1) is 35.9. The van der Waals surface area contributed by atoms with Crippen molar-refractivity contribution in [3.63, 3.8) is 0 Å². The summed E-state index contributed by atoms with van der Waals surface area (Å²) in [6.07, 6.45) is 0. The Kier molecular flexibility index (Phi) is 14.4. The molecule has 2 fully saturated rings. The summed E-state index contributed by atoms with van der Waals surface area (Å²) in [5.74, 6) is -5.30. The van der Waals surface area contributed by atoms with Crippen LogP contribution < -0.4 is 0 Å². The molecule has 20 heteroatoms. The number of hydrogen-bond donors (Lipinski definition) is 0. The van der Waals surface area contributed by atoms with E-state index < -0.39 is 46.5 Å². The van der Waals surface area contributed by atoms with Gasteiger partial charge in [0.2, 0.25) is 10.8 Å². The third-order valence-electron chi connectivity index (χ3n) is 12.5. The van der Waals surface area contributed by atoms with Gasteiger partial charge in [0.15, 0.2) is 10.1 Å². The van der Waals surface area contributed by atoms with Gasteiger partial charge in [-0.05, 0) is 71.8 Å². The SMILES string of the molecule is CCN1C(=O)/C(=N\c2cc3c(s2)C2=C(c4sc(/N=C5/SC(=S)N(CC)C5=O)cc4C2(C(=O)OCc2ccccc2)C(=O)OCc2ccccc2)C3(C(=O)OCc2ccccc2)C(=O)OCc2ccccc2)SC1=S. The van der Waals surface area contributed by atoms with Crippen molar-refractivity contribution in [1.29, 1.82) is 0 Å². The molecular weight excluding hydrogens is 1060 g/mol. The quantitative estimate of drug-likeness (QED) is 0.0388. The minimum absolute atomic E-state index is 0.0261. The van der Waals surface area contributed by atoms with E-state index in [2.05, 4.69) is 0 Å². The first-order valence-corrected chi connectivity index (χ1v) is 27.1. The zero-order valence-corrected chi connectivity index (χ0v) is 44.2. The van der Waals surface area contributed by atoms with Crippen molar-refractivity contribution >= 4 is 146 Å². The second-order valence-electron chi connectivity index (χ2n) is 16.8. The number of carbonyl (C=O) groups excluding carboxylic acids is 6. The van der Waals surface area contributed by atoms with Crippen molar-refractivity contribution in [3.8, 4) is 0 Å². The second-order valence-corrected chi connectivity index (χ2v) is 22.1. The number of hydrogen-bond acceptors (Lipinski definition) is 18. The highest BCUT2D eigenvalue weighted by molar-refractivity contribution is 8.35. The van der Waals surface area contributed by atoms with Crippen molar-refractivity contribution in [1.82, 2.24) is 9.80 Å². The number of nitrogens with zero attached hydrogens (tertiary/aromatic N) is 4. The number of amides is 2. The van der Waals surface area contributed by atoms with Crippen LogP contribution in [0.15, 0.2) is 143 Å². The fraction of sp³-hybridized carbons (Fsp3) is 0.185. The second kappa shape index (κ2) is 21.1. The molecule has 0 radical (unpaired) electrons. The molecule has 6 aromatic rings. The average Bonchev–Trinajstić information content (AvgIpc) is 4.33. The lowest BCUT2D eigenvalue weighted by molar-refractivity contribution is -0.165. The molecule has 372 valence electrons. The van der Waals surface area contributed by atoms with Crippen LogP contribution in [0.5, 0.6) is 0 Å². The molecule has 14 nitrogen and oxygen atoms in total. The van der Waals surface area contributed by atoms with E-state index in [1.54, 1.807) is 135 Å². The Balaban J connectivity index is 1.26. The number of thioether (sulfide) groups is 2. The Morgan fingerprint density at radius 1 is 0.486 bits per heavy atom. The maximum Gasteiger partial charge on any atom is 0.333 e. The van der Waals surface area contributed by atoms with Crippen molar-refractivity contribution in [2.75, 3.05) is 13.1 Å². The third-order valence-corrected chi connectivity index (χ3v) is 17.2. The molecule has 4 aliphatic rings. The van der Waals surface area contributed by atoms with Gasteiger partial charge in [-0.3, -0.25) is 38.6 Å². The highest BCUT2D eigenvalue weighted by Crippen LogP contribution is 2.69. The first-order valence-electron chi connectivity index (χ1n) is 23.0. The van der Waals surface area contributed by atoms with Gasteiger partial charge in [-0.15, -0.1) is 22.7 Å². The maximum absolute atomic E-state index is 15.9. The van der Waals surface area contributed by atoms with Gasteiger partial charge in [0, 0.05) is 45.1 Å². The summed E-state index contributed by atoms with van der Waals surface area (Å²) in [6, 6.07) is 38.3. The molecule has 0 saturated carbocycles. The van der Waals surface area contributed by atoms with E-state index in [1.807, 2.05) is 0 Å². The molecule has 74 heavy (non-hydrogen) atoms. The Labute approximate surface area is 451 Å². The third kappa shape index (κ3) is 8.91. The van der Waals surface area contributed by atoms with Crippen LogP contribution in [-0.4, -0.2) is 77.3 Å². The van der Waals surface area contributed by atoms with Gasteiger partial charge in [-0.1, -0.05) is 146 Å². The molecule has 4 aromatic carbocycles. The number of esters is 4. The van der Waals surface area contributed by atoms with Crippen molar-refractivity contribution in [3.05, 3.63) is 177 Å². The summed E-state index contributed by atoms with van der Waals surface area (Å²) in [4.78, 5) is 103. The number of benzene rings is 4. The van der Waals surface area contributed by atoms with E-state index >= 15 is 19.2 Å². The lowest BCUT2D eigenvalue weighted by Gasteiger charge is -2.29. The summed E-state index contributed by atoms with van der Waals surface area (Å²) in [5, 5.41) is 0.323. The smallest absolute Gasteiger partial charge is 0.333 e. The summed E-state index contributed by atoms with van der Waals surface area (Å²) in [5.41, 5.74) is -3.08. The summed E-state index contributed by atoms with van der Waals surface area (Å²) >= 11 is 14.9. The van der Waals surface area contributed by atoms with E-state index in [1.165, 1.54) is 21.9 Å². The fourth-order valence-corrected chi connectivity index (χ4v) is 14.1. The normalized spacial score (nSPS) is 17.2. The zero-order valence-electron chi connectivity index (χ0n) is 39.3. The van der Waals surface area contributed by atoms with E-state index in [9.17, 15) is 9.59 Å². The maximum atomic E-state index is 15.9. The Morgan fingerprint density at radius 3 is 1.03 bits per heavy atom. The number of rotatable bonds is 16. The lowest BCUT2D eigenvalue weighted by atomic mass is 9.76. The summed E-state index contributed by atoms with van der Waals surface area (Å²) in [6.45, 7) is 2.94. The Morgan fingerprint density at radius 2 is 0.770 bits per heavy atom. The van der Waals surface area contributed by atoms with Crippen LogP contribution in [0.4, 0.5) is 10.0 Å². The molecule has 2 aromatic heterocycles. The molecule has 2 aliphatic carbocycles. The molecule has 0 bridgehead atoms. The van der Waals surface area contributed by atoms with Gasteiger partial charge in [-0.25, -0.2) is 9.98 Å². The zero-order chi connectivity index (χ0) is 51.7. The van der Waals surface area contributed by atoms with Gasteiger partial charge in [0.25, 0.3) is 11.8 Å². The minimum atomic E-state index is -2.59. The summed E-state index contributed by atoms with van der Waals surface area (Å²) in [7, 11) is 0. The largest absolute Gasteiger partial charge is 0.459 e. The van der Waals surface area contributed by atoms with Gasteiger partial charge in [0.05, 0.1) is 0 Å². The van der Waals surface area contributed by atoms with Gasteiger partial charge in [0.1, 0.15) is 45.1 Å². The Bertz CT molecular complexity index is 3060. The molecule has 4 heterocycles. The highest BCUT2D eigenvalue weighted by atomic mass is 32.2. The van der Waals surface area contributed by atoms with E-state index in [0.29, 0.717) is 22.3 Å². The molecule has 2 amide bonds. The number of ether oxygens (including phenoxy) is 4. The van der Waals surface area contributed by atoms with Gasteiger partial charge < -0.3 is 18.9 Å². The predicted molar refractivity (Wildman–Crippen MR) is 293 cm³/mol. The van der Waals surface area contributed by atoms with Crippen LogP contribution in [0.1, 0.15) is 57.0 Å². The minimum Gasteiger partial charge on any atom is -0.459 e. The molecular formula is C54H40N4O10S6. The molecule has 0 spiro atoms. The molecule has 2 saturated heterocycles. The first kappa shape index (κ1) is 50.6. The van der Waals surface area contributed by atoms with Gasteiger partial charge >= 0.3 is 23.9 Å². The van der Waals surface area contributed by atoms with Crippen molar-refractivity contribution < 1.29 is 47.7 Å². The van der Waals surface area contributed by atoms with Gasteiger partial charge in [-0.2, -0.15) is 0 Å². The Hall–Kier alpha value is -6.94. The van der Waals surface area contributed by atoms with Crippen LogP contribution in [0.25, 0.3) is 11.1 Å². The number of aliphatic imine (C=N–C) groups is 2.